The summed E-state index contributed by atoms with van der Waals surface area (Å²) in [7, 11) is 0. The number of carbonyl (C=O) groups excluding carboxylic acids is 2. The summed E-state index contributed by atoms with van der Waals surface area (Å²) in [5.74, 6) is 0.397. The molecule has 0 atom stereocenters. The zero-order valence-corrected chi connectivity index (χ0v) is 19.5. The minimum Gasteiger partial charge on any atom is -0.450 e. The van der Waals surface area contributed by atoms with Gasteiger partial charge in [0.15, 0.2) is 5.96 Å². The van der Waals surface area contributed by atoms with E-state index in [-0.39, 0.29) is 42.0 Å². The van der Waals surface area contributed by atoms with Crippen LogP contribution < -0.4 is 16.4 Å². The van der Waals surface area contributed by atoms with Gasteiger partial charge in [-0.1, -0.05) is 19.1 Å². The summed E-state index contributed by atoms with van der Waals surface area (Å²) in [6.45, 7) is 5.88. The molecule has 0 aromatic heterocycles. The largest absolute Gasteiger partial charge is 0.450 e. The normalized spacial score (nSPS) is 14.7. The van der Waals surface area contributed by atoms with Crippen molar-refractivity contribution in [2.75, 3.05) is 25.0 Å². The molecule has 0 unspecified atom stereocenters. The SMILES string of the molecule is CCCC(=O)Nc1cccc(CN=C(N)NC2CCN(C(=O)OCC)CC2)c1.I. The summed E-state index contributed by atoms with van der Waals surface area (Å²) in [6.07, 6.45) is 2.67. The van der Waals surface area contributed by atoms with Gasteiger partial charge in [0.2, 0.25) is 5.91 Å². The highest BCUT2D eigenvalue weighted by atomic mass is 127. The number of guanidine groups is 1. The molecule has 1 aliphatic rings. The second kappa shape index (κ2) is 13.2. The molecule has 2 amide bonds. The van der Waals surface area contributed by atoms with E-state index < -0.39 is 0 Å². The van der Waals surface area contributed by atoms with Crippen LogP contribution >= 0.6 is 24.0 Å². The van der Waals surface area contributed by atoms with Crippen molar-refractivity contribution in [1.29, 1.82) is 0 Å². The van der Waals surface area contributed by atoms with Gasteiger partial charge >= 0.3 is 6.09 Å². The number of hydrogen-bond donors (Lipinski definition) is 3. The van der Waals surface area contributed by atoms with Gasteiger partial charge in [-0.15, -0.1) is 24.0 Å². The molecule has 1 aromatic rings. The summed E-state index contributed by atoms with van der Waals surface area (Å²) < 4.78 is 5.02. The van der Waals surface area contributed by atoms with Gasteiger partial charge in [-0.2, -0.15) is 0 Å². The molecule has 1 fully saturated rings. The van der Waals surface area contributed by atoms with Crippen LogP contribution in [0.4, 0.5) is 10.5 Å². The van der Waals surface area contributed by atoms with Crippen molar-refractivity contribution in [1.82, 2.24) is 10.2 Å². The summed E-state index contributed by atoms with van der Waals surface area (Å²) in [5, 5.41) is 6.11. The minimum absolute atomic E-state index is 0. The van der Waals surface area contributed by atoms with Crippen LogP contribution in [-0.4, -0.2) is 48.6 Å². The molecule has 4 N–H and O–H groups in total. The molecule has 29 heavy (non-hydrogen) atoms. The molecule has 2 rings (SSSR count). The molecule has 0 saturated carbocycles. The van der Waals surface area contributed by atoms with E-state index in [1.807, 2.05) is 31.2 Å². The van der Waals surface area contributed by atoms with E-state index in [1.54, 1.807) is 11.8 Å². The van der Waals surface area contributed by atoms with E-state index in [1.165, 1.54) is 0 Å². The van der Waals surface area contributed by atoms with Gasteiger partial charge in [-0.3, -0.25) is 4.79 Å². The average Bonchev–Trinajstić information content (AvgIpc) is 2.67. The Morgan fingerprint density at radius 2 is 2.00 bits per heavy atom. The fourth-order valence-corrected chi connectivity index (χ4v) is 3.05. The Bertz CT molecular complexity index is 690. The number of anilines is 1. The van der Waals surface area contributed by atoms with Gasteiger partial charge in [0.25, 0.3) is 0 Å². The van der Waals surface area contributed by atoms with Crippen LogP contribution in [0.1, 0.15) is 45.1 Å². The van der Waals surface area contributed by atoms with Crippen molar-refractivity contribution in [2.24, 2.45) is 10.7 Å². The van der Waals surface area contributed by atoms with Crippen LogP contribution in [-0.2, 0) is 16.1 Å². The quantitative estimate of drug-likeness (QED) is 0.293. The summed E-state index contributed by atoms with van der Waals surface area (Å²) in [5.41, 5.74) is 7.75. The van der Waals surface area contributed by atoms with Crippen molar-refractivity contribution in [2.45, 2.75) is 52.1 Å². The molecule has 1 heterocycles. The van der Waals surface area contributed by atoms with Crippen molar-refractivity contribution in [3.05, 3.63) is 29.8 Å². The molecule has 1 aromatic carbocycles. The summed E-state index contributed by atoms with van der Waals surface area (Å²) in [4.78, 5) is 29.5. The second-order valence-corrected chi connectivity index (χ2v) is 6.80. The molecule has 162 valence electrons. The molecule has 0 spiro atoms. The van der Waals surface area contributed by atoms with E-state index in [0.717, 1.165) is 30.5 Å². The fourth-order valence-electron chi connectivity index (χ4n) is 3.05. The second-order valence-electron chi connectivity index (χ2n) is 6.80. The third kappa shape index (κ3) is 8.88. The van der Waals surface area contributed by atoms with E-state index in [2.05, 4.69) is 15.6 Å². The first-order valence-electron chi connectivity index (χ1n) is 9.88. The molecule has 1 saturated heterocycles. The smallest absolute Gasteiger partial charge is 0.409 e. The Morgan fingerprint density at radius 1 is 1.28 bits per heavy atom. The number of amides is 2. The maximum Gasteiger partial charge on any atom is 0.409 e. The highest BCUT2D eigenvalue weighted by Gasteiger charge is 2.23. The number of piperidine rings is 1. The average molecular weight is 517 g/mol. The highest BCUT2D eigenvalue weighted by molar-refractivity contribution is 14.0. The van der Waals surface area contributed by atoms with E-state index in [0.29, 0.717) is 38.6 Å². The Morgan fingerprint density at radius 3 is 2.66 bits per heavy atom. The van der Waals surface area contributed by atoms with Crippen LogP contribution in [0.15, 0.2) is 29.3 Å². The first-order valence-corrected chi connectivity index (χ1v) is 9.88. The maximum absolute atomic E-state index is 11.7. The van der Waals surface area contributed by atoms with E-state index in [4.69, 9.17) is 10.5 Å². The third-order valence-electron chi connectivity index (χ3n) is 4.49. The molecule has 0 bridgehead atoms. The topological polar surface area (TPSA) is 109 Å². The lowest BCUT2D eigenvalue weighted by Crippen LogP contribution is -2.48. The number of nitrogens with two attached hydrogens (primary N) is 1. The Balaban J connectivity index is 0.00000420. The van der Waals surface area contributed by atoms with E-state index in [9.17, 15) is 9.59 Å². The zero-order chi connectivity index (χ0) is 20.4. The summed E-state index contributed by atoms with van der Waals surface area (Å²) >= 11 is 0. The Kier molecular flexibility index (Phi) is 11.4. The van der Waals surface area contributed by atoms with Crippen LogP contribution in [0, 0.1) is 0 Å². The predicted molar refractivity (Wildman–Crippen MR) is 125 cm³/mol. The zero-order valence-electron chi connectivity index (χ0n) is 17.1. The first-order chi connectivity index (χ1) is 13.5. The summed E-state index contributed by atoms with van der Waals surface area (Å²) in [6, 6.07) is 7.79. The number of benzene rings is 1. The molecular formula is C20H32IN5O3. The lowest BCUT2D eigenvalue weighted by molar-refractivity contribution is -0.116. The van der Waals surface area contributed by atoms with Gasteiger partial charge in [-0.05, 0) is 43.9 Å². The standard InChI is InChI=1S/C20H31N5O3.HI/c1-3-6-18(26)23-17-8-5-7-15(13-17)14-22-19(21)24-16-9-11-25(12-10-16)20(27)28-4-2;/h5,7-8,13,16H,3-4,6,9-12,14H2,1-2H3,(H,23,26)(H3,21,22,24);1H. The predicted octanol–water partition coefficient (Wildman–Crippen LogP) is 3.07. The molecule has 0 aliphatic carbocycles. The Labute approximate surface area is 189 Å². The third-order valence-corrected chi connectivity index (χ3v) is 4.49. The number of nitrogens with one attached hydrogen (secondary N) is 2. The van der Waals surface area contributed by atoms with Crippen LogP contribution in [0.5, 0.6) is 0 Å². The fraction of sp³-hybridized carbons (Fsp3) is 0.550. The molecular weight excluding hydrogens is 485 g/mol. The van der Waals surface area contributed by atoms with E-state index >= 15 is 0 Å². The number of nitrogens with zero attached hydrogens (tertiary/aromatic N) is 2. The van der Waals surface area contributed by atoms with Gasteiger partial charge < -0.3 is 26.0 Å². The van der Waals surface area contributed by atoms with Gasteiger partial charge in [0.05, 0.1) is 13.2 Å². The lowest BCUT2D eigenvalue weighted by Gasteiger charge is -2.31. The molecule has 9 heteroatoms. The molecule has 0 radical (unpaired) electrons. The number of likely N-dealkylation sites (tertiary alicyclic amines) is 1. The van der Waals surface area contributed by atoms with Crippen molar-refractivity contribution >= 4 is 47.6 Å². The lowest BCUT2D eigenvalue weighted by atomic mass is 10.1. The first kappa shape index (κ1) is 25.0. The Hall–Kier alpha value is -2.04. The number of rotatable bonds is 7. The van der Waals surface area contributed by atoms with Crippen molar-refractivity contribution in [3.63, 3.8) is 0 Å². The van der Waals surface area contributed by atoms with Crippen molar-refractivity contribution in [3.8, 4) is 0 Å². The van der Waals surface area contributed by atoms with Gasteiger partial charge in [0, 0.05) is 31.2 Å². The molecule has 1 aliphatic heterocycles. The van der Waals surface area contributed by atoms with Crippen LogP contribution in [0.2, 0.25) is 0 Å². The number of halogens is 1. The highest BCUT2D eigenvalue weighted by Crippen LogP contribution is 2.13. The minimum atomic E-state index is -0.256. The van der Waals surface area contributed by atoms with Crippen molar-refractivity contribution < 1.29 is 14.3 Å². The number of hydrogen-bond acceptors (Lipinski definition) is 4. The number of ether oxygens (including phenoxy) is 1. The number of carbonyl (C=O) groups is 2. The van der Waals surface area contributed by atoms with Gasteiger partial charge in [-0.25, -0.2) is 9.79 Å². The monoisotopic (exact) mass is 517 g/mol. The molecule has 8 nitrogen and oxygen atoms in total. The van der Waals surface area contributed by atoms with Crippen LogP contribution in [0.25, 0.3) is 0 Å². The van der Waals surface area contributed by atoms with Crippen LogP contribution in [0.3, 0.4) is 0 Å². The number of aliphatic imine (C=N–C) groups is 1. The van der Waals surface area contributed by atoms with Gasteiger partial charge in [0.1, 0.15) is 0 Å². The maximum atomic E-state index is 11.7.